The van der Waals surface area contributed by atoms with Gasteiger partial charge in [-0.1, -0.05) is 43.2 Å². The molecule has 0 aromatic heterocycles. The maximum Gasteiger partial charge on any atom is 0.257 e. The van der Waals surface area contributed by atoms with Gasteiger partial charge in [0, 0.05) is 26.1 Å². The fraction of sp³-hybridized carbons (Fsp3) is 0.571. The van der Waals surface area contributed by atoms with Gasteiger partial charge in [-0.15, -0.1) is 0 Å². The molecule has 27 heavy (non-hydrogen) atoms. The number of hydrogen-bond donors (Lipinski definition) is 0. The summed E-state index contributed by atoms with van der Waals surface area (Å²) in [6, 6.07) is 12.2. The summed E-state index contributed by atoms with van der Waals surface area (Å²) in [7, 11) is 1.78. The average Bonchev–Trinajstić information content (AvgIpc) is 3.29. The van der Waals surface area contributed by atoms with Crippen LogP contribution in [-0.2, 0) is 14.3 Å². The van der Waals surface area contributed by atoms with E-state index in [1.165, 1.54) is 0 Å². The van der Waals surface area contributed by atoms with Crippen LogP contribution in [0.25, 0.3) is 0 Å². The normalized spacial score (nSPS) is 29.9. The van der Waals surface area contributed by atoms with Crippen molar-refractivity contribution in [2.45, 2.75) is 37.2 Å². The predicted molar refractivity (Wildman–Crippen MR) is 98.6 cm³/mol. The van der Waals surface area contributed by atoms with Crippen LogP contribution in [0.4, 0.5) is 0 Å². The molecule has 1 aromatic carbocycles. The molecule has 2 atom stereocenters. The SMILES string of the molecule is CN1CC(c2ccccc2)C2(CN(C(=O)C3(C#N)CCCC3)CCO2)C1=O. The summed E-state index contributed by atoms with van der Waals surface area (Å²) in [5.74, 6) is -0.334. The quantitative estimate of drug-likeness (QED) is 0.801. The van der Waals surface area contributed by atoms with Gasteiger partial charge in [0.25, 0.3) is 5.91 Å². The van der Waals surface area contributed by atoms with Crippen molar-refractivity contribution >= 4 is 11.8 Å². The first-order valence-electron chi connectivity index (χ1n) is 9.67. The Morgan fingerprint density at radius 3 is 2.63 bits per heavy atom. The van der Waals surface area contributed by atoms with Crippen molar-refractivity contribution in [1.82, 2.24) is 9.80 Å². The minimum absolute atomic E-state index is 0.0775. The van der Waals surface area contributed by atoms with Gasteiger partial charge in [0.15, 0.2) is 5.60 Å². The van der Waals surface area contributed by atoms with E-state index >= 15 is 0 Å². The maximum absolute atomic E-state index is 13.2. The Balaban J connectivity index is 1.66. The van der Waals surface area contributed by atoms with E-state index in [2.05, 4.69) is 6.07 Å². The first kappa shape index (κ1) is 18.0. The van der Waals surface area contributed by atoms with Crippen molar-refractivity contribution in [2.24, 2.45) is 5.41 Å². The summed E-state index contributed by atoms with van der Waals surface area (Å²) in [5, 5.41) is 9.69. The van der Waals surface area contributed by atoms with E-state index in [1.54, 1.807) is 16.8 Å². The molecule has 142 valence electrons. The van der Waals surface area contributed by atoms with Crippen LogP contribution < -0.4 is 0 Å². The van der Waals surface area contributed by atoms with Gasteiger partial charge in [-0.2, -0.15) is 5.26 Å². The van der Waals surface area contributed by atoms with E-state index in [1.807, 2.05) is 30.3 Å². The minimum atomic E-state index is -1.06. The number of ether oxygens (including phenoxy) is 1. The smallest absolute Gasteiger partial charge is 0.257 e. The van der Waals surface area contributed by atoms with Crippen LogP contribution in [0.15, 0.2) is 30.3 Å². The molecule has 0 radical (unpaired) electrons. The Labute approximate surface area is 159 Å². The van der Waals surface area contributed by atoms with Crippen LogP contribution in [0.3, 0.4) is 0 Å². The van der Waals surface area contributed by atoms with Gasteiger partial charge >= 0.3 is 0 Å². The molecule has 2 aliphatic heterocycles. The number of nitriles is 1. The minimum Gasteiger partial charge on any atom is -0.361 e. The number of hydrogen-bond acceptors (Lipinski definition) is 4. The fourth-order valence-electron chi connectivity index (χ4n) is 4.95. The summed E-state index contributed by atoms with van der Waals surface area (Å²) in [5.41, 5.74) is -0.937. The van der Waals surface area contributed by atoms with E-state index in [0.29, 0.717) is 32.5 Å². The lowest BCUT2D eigenvalue weighted by atomic mass is 9.81. The molecule has 4 rings (SSSR count). The third kappa shape index (κ3) is 2.72. The molecule has 1 saturated carbocycles. The van der Waals surface area contributed by atoms with E-state index in [0.717, 1.165) is 18.4 Å². The number of rotatable bonds is 2. The molecule has 1 spiro atoms. The summed E-state index contributed by atoms with van der Waals surface area (Å²) in [4.78, 5) is 29.8. The highest BCUT2D eigenvalue weighted by Crippen LogP contribution is 2.44. The van der Waals surface area contributed by atoms with Crippen molar-refractivity contribution < 1.29 is 14.3 Å². The van der Waals surface area contributed by atoms with E-state index in [-0.39, 0.29) is 24.3 Å². The molecular weight excluding hydrogens is 342 g/mol. The summed E-state index contributed by atoms with van der Waals surface area (Å²) in [6.07, 6.45) is 3.04. The molecule has 0 N–H and O–H groups in total. The molecule has 1 aromatic rings. The van der Waals surface area contributed by atoms with E-state index < -0.39 is 11.0 Å². The van der Waals surface area contributed by atoms with Crippen molar-refractivity contribution in [2.75, 3.05) is 33.3 Å². The largest absolute Gasteiger partial charge is 0.361 e. The summed E-state index contributed by atoms with van der Waals surface area (Å²) in [6.45, 7) is 1.53. The van der Waals surface area contributed by atoms with Gasteiger partial charge in [0.05, 0.1) is 19.2 Å². The monoisotopic (exact) mass is 367 g/mol. The molecule has 2 heterocycles. The zero-order chi connectivity index (χ0) is 19.1. The van der Waals surface area contributed by atoms with Crippen molar-refractivity contribution in [3.05, 3.63) is 35.9 Å². The topological polar surface area (TPSA) is 73.6 Å². The molecule has 6 heteroatoms. The molecule has 1 aliphatic carbocycles. The van der Waals surface area contributed by atoms with Crippen molar-refractivity contribution in [3.8, 4) is 6.07 Å². The molecule has 2 saturated heterocycles. The lowest BCUT2D eigenvalue weighted by Gasteiger charge is -2.43. The van der Waals surface area contributed by atoms with Gasteiger partial charge < -0.3 is 14.5 Å². The van der Waals surface area contributed by atoms with Crippen molar-refractivity contribution in [1.29, 1.82) is 5.26 Å². The maximum atomic E-state index is 13.2. The number of benzene rings is 1. The highest BCUT2D eigenvalue weighted by Gasteiger charge is 2.58. The Hall–Kier alpha value is -2.39. The molecule has 3 fully saturated rings. The van der Waals surface area contributed by atoms with E-state index in [4.69, 9.17) is 4.74 Å². The second kappa shape index (κ2) is 6.65. The fourth-order valence-corrected chi connectivity index (χ4v) is 4.95. The van der Waals surface area contributed by atoms with E-state index in [9.17, 15) is 14.9 Å². The molecule has 6 nitrogen and oxygen atoms in total. The number of carbonyl (C=O) groups is 2. The second-order valence-electron chi connectivity index (χ2n) is 8.01. The second-order valence-corrected chi connectivity index (χ2v) is 8.01. The Bertz CT molecular complexity index is 782. The van der Waals surface area contributed by atoms with Gasteiger partial charge in [-0.3, -0.25) is 9.59 Å². The van der Waals surface area contributed by atoms with Crippen LogP contribution in [0.2, 0.25) is 0 Å². The zero-order valence-electron chi connectivity index (χ0n) is 15.7. The van der Waals surface area contributed by atoms with Crippen LogP contribution in [-0.4, -0.2) is 60.5 Å². The lowest BCUT2D eigenvalue weighted by molar-refractivity contribution is -0.170. The summed E-state index contributed by atoms with van der Waals surface area (Å²) < 4.78 is 6.12. The number of carbonyl (C=O) groups excluding carboxylic acids is 2. The zero-order valence-corrected chi connectivity index (χ0v) is 15.7. The van der Waals surface area contributed by atoms with Gasteiger partial charge in [0.1, 0.15) is 5.41 Å². The molecule has 0 bridgehead atoms. The number of likely N-dealkylation sites (tertiary alicyclic amines) is 1. The average molecular weight is 367 g/mol. The third-order valence-electron chi connectivity index (χ3n) is 6.44. The molecule has 2 amide bonds. The Morgan fingerprint density at radius 2 is 1.96 bits per heavy atom. The number of nitrogens with zero attached hydrogens (tertiary/aromatic N) is 3. The molecule has 2 unspecified atom stereocenters. The van der Waals surface area contributed by atoms with Gasteiger partial charge in [-0.25, -0.2) is 0 Å². The number of likely N-dealkylation sites (N-methyl/N-ethyl adjacent to an activating group) is 1. The Morgan fingerprint density at radius 1 is 1.26 bits per heavy atom. The first-order chi connectivity index (χ1) is 13.0. The Kier molecular flexibility index (Phi) is 4.43. The third-order valence-corrected chi connectivity index (χ3v) is 6.44. The van der Waals surface area contributed by atoms with Crippen LogP contribution >= 0.6 is 0 Å². The lowest BCUT2D eigenvalue weighted by Crippen LogP contribution is -2.61. The molecule has 3 aliphatic rings. The van der Waals surface area contributed by atoms with Gasteiger partial charge in [0.2, 0.25) is 5.91 Å². The number of morpholine rings is 1. The standard InChI is InChI=1S/C21H25N3O3/c1-23-13-17(16-7-3-2-4-8-16)21(19(23)26)15-24(11-12-27-21)18(25)20(14-22)9-5-6-10-20/h2-4,7-8,17H,5-6,9-13,15H2,1H3. The summed E-state index contributed by atoms with van der Waals surface area (Å²) >= 11 is 0. The highest BCUT2D eigenvalue weighted by molar-refractivity contribution is 5.92. The number of amides is 2. The van der Waals surface area contributed by atoms with Crippen LogP contribution in [0.1, 0.15) is 37.2 Å². The van der Waals surface area contributed by atoms with Crippen LogP contribution in [0.5, 0.6) is 0 Å². The first-order valence-corrected chi connectivity index (χ1v) is 9.67. The van der Waals surface area contributed by atoms with Gasteiger partial charge in [-0.05, 0) is 18.4 Å². The molecular formula is C21H25N3O3. The highest BCUT2D eigenvalue weighted by atomic mass is 16.5. The predicted octanol–water partition coefficient (Wildman–Crippen LogP) is 1.92. The van der Waals surface area contributed by atoms with Crippen LogP contribution in [0, 0.1) is 16.7 Å². The van der Waals surface area contributed by atoms with Crippen molar-refractivity contribution in [3.63, 3.8) is 0 Å².